The molecule has 0 aromatic rings. The molecule has 86 valence electrons. The van der Waals surface area contributed by atoms with Gasteiger partial charge in [-0.2, -0.15) is 0 Å². The van der Waals surface area contributed by atoms with Crippen LogP contribution in [0.25, 0.3) is 0 Å². The molecule has 5 nitrogen and oxygen atoms in total. The average Bonchev–Trinajstić information content (AvgIpc) is 2.16. The Morgan fingerprint density at radius 2 is 2.14 bits per heavy atom. The lowest BCUT2D eigenvalue weighted by molar-refractivity contribution is 0.162. The van der Waals surface area contributed by atoms with Gasteiger partial charge in [0, 0.05) is 18.9 Å². The van der Waals surface area contributed by atoms with Gasteiger partial charge in [-0.1, -0.05) is 6.92 Å². The number of ether oxygens (including phenoxy) is 1. The minimum Gasteiger partial charge on any atom is -0.383 e. The van der Waals surface area contributed by atoms with Gasteiger partial charge in [0.2, 0.25) is 0 Å². The molecule has 14 heavy (non-hydrogen) atoms. The van der Waals surface area contributed by atoms with Crippen molar-refractivity contribution >= 4 is 9.84 Å². The summed E-state index contributed by atoms with van der Waals surface area (Å²) >= 11 is 0. The summed E-state index contributed by atoms with van der Waals surface area (Å²) in [4.78, 5) is 0. The summed E-state index contributed by atoms with van der Waals surface area (Å²) < 4.78 is 27.2. The Balaban J connectivity index is 3.71. The third-order valence-corrected chi connectivity index (χ3v) is 3.84. The second-order valence-corrected chi connectivity index (χ2v) is 5.67. The summed E-state index contributed by atoms with van der Waals surface area (Å²) in [5.74, 6) is 5.70. The molecule has 0 heterocycles. The van der Waals surface area contributed by atoms with Crippen molar-refractivity contribution in [2.24, 2.45) is 5.84 Å². The van der Waals surface area contributed by atoms with E-state index in [-0.39, 0.29) is 17.5 Å². The van der Waals surface area contributed by atoms with Gasteiger partial charge in [0.15, 0.2) is 0 Å². The SMILES string of the molecule is CCS(=O)(=O)CCCC(COC)NN. The van der Waals surface area contributed by atoms with Crippen molar-refractivity contribution in [2.75, 3.05) is 25.2 Å². The van der Waals surface area contributed by atoms with Crippen LogP contribution in [-0.4, -0.2) is 39.7 Å². The van der Waals surface area contributed by atoms with Gasteiger partial charge in [-0.3, -0.25) is 11.3 Å². The Kier molecular flexibility index (Phi) is 7.08. The topological polar surface area (TPSA) is 81.4 Å². The smallest absolute Gasteiger partial charge is 0.150 e. The Labute approximate surface area is 85.9 Å². The fraction of sp³-hybridized carbons (Fsp3) is 1.00. The molecular weight excluding hydrogens is 204 g/mol. The predicted octanol–water partition coefficient (Wildman–Crippen LogP) is -0.320. The fourth-order valence-electron chi connectivity index (χ4n) is 1.11. The number of hydrogen-bond acceptors (Lipinski definition) is 5. The molecule has 1 unspecified atom stereocenters. The highest BCUT2D eigenvalue weighted by Gasteiger charge is 2.10. The molecule has 0 radical (unpaired) electrons. The third kappa shape index (κ3) is 6.31. The van der Waals surface area contributed by atoms with Gasteiger partial charge in [0.25, 0.3) is 0 Å². The van der Waals surface area contributed by atoms with Crippen LogP contribution in [0.1, 0.15) is 19.8 Å². The van der Waals surface area contributed by atoms with Gasteiger partial charge in [0.05, 0.1) is 12.4 Å². The summed E-state index contributed by atoms with van der Waals surface area (Å²) in [6.07, 6.45) is 1.33. The molecule has 0 aliphatic carbocycles. The summed E-state index contributed by atoms with van der Waals surface area (Å²) in [5.41, 5.74) is 2.59. The van der Waals surface area contributed by atoms with E-state index >= 15 is 0 Å². The minimum atomic E-state index is -2.85. The number of methoxy groups -OCH3 is 1. The van der Waals surface area contributed by atoms with Gasteiger partial charge in [0.1, 0.15) is 9.84 Å². The van der Waals surface area contributed by atoms with E-state index in [1.807, 2.05) is 0 Å². The van der Waals surface area contributed by atoms with Crippen LogP contribution in [0.3, 0.4) is 0 Å². The molecule has 0 saturated heterocycles. The van der Waals surface area contributed by atoms with Crippen LogP contribution in [0.5, 0.6) is 0 Å². The minimum absolute atomic E-state index is 0.0343. The zero-order chi connectivity index (χ0) is 11.0. The lowest BCUT2D eigenvalue weighted by Gasteiger charge is -2.13. The van der Waals surface area contributed by atoms with Crippen LogP contribution in [0.2, 0.25) is 0 Å². The molecule has 0 rings (SSSR count). The Morgan fingerprint density at radius 1 is 1.50 bits per heavy atom. The third-order valence-electron chi connectivity index (χ3n) is 2.05. The van der Waals surface area contributed by atoms with Crippen molar-refractivity contribution in [3.8, 4) is 0 Å². The zero-order valence-corrected chi connectivity index (χ0v) is 9.64. The van der Waals surface area contributed by atoms with E-state index in [1.54, 1.807) is 14.0 Å². The maximum Gasteiger partial charge on any atom is 0.150 e. The molecule has 6 heteroatoms. The molecule has 0 bridgehead atoms. The quantitative estimate of drug-likeness (QED) is 0.436. The molecule has 3 N–H and O–H groups in total. The fourth-order valence-corrected chi connectivity index (χ4v) is 2.01. The Morgan fingerprint density at radius 3 is 2.57 bits per heavy atom. The largest absolute Gasteiger partial charge is 0.383 e. The molecule has 0 aromatic carbocycles. The van der Waals surface area contributed by atoms with Crippen LogP contribution >= 0.6 is 0 Å². The van der Waals surface area contributed by atoms with Gasteiger partial charge in [-0.15, -0.1) is 0 Å². The predicted molar refractivity (Wildman–Crippen MR) is 56.5 cm³/mol. The van der Waals surface area contributed by atoms with Gasteiger partial charge in [-0.05, 0) is 12.8 Å². The molecule has 0 fully saturated rings. The number of rotatable bonds is 8. The van der Waals surface area contributed by atoms with Crippen molar-refractivity contribution in [1.29, 1.82) is 0 Å². The van der Waals surface area contributed by atoms with Gasteiger partial charge >= 0.3 is 0 Å². The molecule has 0 aliphatic rings. The maximum absolute atomic E-state index is 11.1. The zero-order valence-electron chi connectivity index (χ0n) is 8.82. The number of nitrogens with two attached hydrogens (primary N) is 1. The second-order valence-electron chi connectivity index (χ2n) is 3.20. The lowest BCUT2D eigenvalue weighted by atomic mass is 10.2. The average molecular weight is 224 g/mol. The Hall–Kier alpha value is -0.170. The van der Waals surface area contributed by atoms with E-state index in [9.17, 15) is 8.42 Å². The summed E-state index contributed by atoms with van der Waals surface area (Å²) in [6.45, 7) is 2.16. The normalized spacial score (nSPS) is 14.2. The van der Waals surface area contributed by atoms with E-state index in [4.69, 9.17) is 10.6 Å². The van der Waals surface area contributed by atoms with Crippen LogP contribution in [0, 0.1) is 0 Å². The van der Waals surface area contributed by atoms with Crippen molar-refractivity contribution in [3.05, 3.63) is 0 Å². The van der Waals surface area contributed by atoms with Crippen LogP contribution < -0.4 is 11.3 Å². The standard InChI is InChI=1S/C8H20N2O3S/c1-3-14(11,12)6-4-5-8(10-9)7-13-2/h8,10H,3-7,9H2,1-2H3. The molecule has 1 atom stereocenters. The lowest BCUT2D eigenvalue weighted by Crippen LogP contribution is -2.38. The van der Waals surface area contributed by atoms with Crippen molar-refractivity contribution in [1.82, 2.24) is 5.43 Å². The first-order chi connectivity index (χ1) is 6.55. The van der Waals surface area contributed by atoms with Crippen molar-refractivity contribution in [3.63, 3.8) is 0 Å². The van der Waals surface area contributed by atoms with E-state index in [1.165, 1.54) is 0 Å². The van der Waals surface area contributed by atoms with Crippen LogP contribution in [-0.2, 0) is 14.6 Å². The summed E-state index contributed by atoms with van der Waals surface area (Å²) in [7, 11) is -1.26. The first-order valence-electron chi connectivity index (χ1n) is 4.71. The van der Waals surface area contributed by atoms with E-state index in [0.717, 1.165) is 0 Å². The highest BCUT2D eigenvalue weighted by molar-refractivity contribution is 7.91. The van der Waals surface area contributed by atoms with E-state index in [0.29, 0.717) is 19.4 Å². The number of hydrogen-bond donors (Lipinski definition) is 2. The maximum atomic E-state index is 11.1. The first kappa shape index (κ1) is 13.8. The number of nitrogens with one attached hydrogen (secondary N) is 1. The van der Waals surface area contributed by atoms with Gasteiger partial charge in [-0.25, -0.2) is 8.42 Å². The van der Waals surface area contributed by atoms with E-state index < -0.39 is 9.84 Å². The summed E-state index contributed by atoms with van der Waals surface area (Å²) in [5, 5.41) is 0. The van der Waals surface area contributed by atoms with Gasteiger partial charge < -0.3 is 4.74 Å². The monoisotopic (exact) mass is 224 g/mol. The molecule has 0 aliphatic heterocycles. The highest BCUT2D eigenvalue weighted by Crippen LogP contribution is 2.01. The van der Waals surface area contributed by atoms with E-state index in [2.05, 4.69) is 5.43 Å². The molecule has 0 saturated carbocycles. The number of sulfone groups is 1. The highest BCUT2D eigenvalue weighted by atomic mass is 32.2. The second kappa shape index (κ2) is 7.17. The molecule has 0 aromatic heterocycles. The summed E-state index contributed by atoms with van der Waals surface area (Å²) in [6, 6.07) is 0.0343. The molecule has 0 amide bonds. The van der Waals surface area contributed by atoms with Crippen molar-refractivity contribution < 1.29 is 13.2 Å². The number of hydrazine groups is 1. The van der Waals surface area contributed by atoms with Crippen LogP contribution in [0.4, 0.5) is 0 Å². The molecule has 0 spiro atoms. The van der Waals surface area contributed by atoms with Crippen molar-refractivity contribution in [2.45, 2.75) is 25.8 Å². The first-order valence-corrected chi connectivity index (χ1v) is 6.53. The van der Waals surface area contributed by atoms with Crippen LogP contribution in [0.15, 0.2) is 0 Å². The molecular formula is C8H20N2O3S. The Bertz CT molecular complexity index is 229.